The number of rotatable bonds is 8. The third-order valence-electron chi connectivity index (χ3n) is 4.52. The first-order valence-corrected chi connectivity index (χ1v) is 10.4. The van der Waals surface area contributed by atoms with Gasteiger partial charge in [-0.05, 0) is 24.6 Å². The van der Waals surface area contributed by atoms with Crippen molar-refractivity contribution < 1.29 is 24.0 Å². The van der Waals surface area contributed by atoms with Gasteiger partial charge in [-0.1, -0.05) is 55.9 Å². The van der Waals surface area contributed by atoms with E-state index in [2.05, 4.69) is 0 Å². The second kappa shape index (κ2) is 9.23. The Balaban J connectivity index is 1.87. The van der Waals surface area contributed by atoms with E-state index >= 15 is 0 Å². The lowest BCUT2D eigenvalue weighted by atomic mass is 10.1. The maximum Gasteiger partial charge on any atom is 0.326 e. The molecule has 3 rings (SSSR count). The Morgan fingerprint density at radius 1 is 1.37 bits per heavy atom. The smallest absolute Gasteiger partial charge is 0.326 e. The number of nitro benzene ring substituents is 1. The van der Waals surface area contributed by atoms with E-state index in [-0.39, 0.29) is 20.7 Å². The van der Waals surface area contributed by atoms with Crippen LogP contribution in [0.2, 0.25) is 0 Å². The summed E-state index contributed by atoms with van der Waals surface area (Å²) in [4.78, 5) is 36.6. The van der Waals surface area contributed by atoms with Crippen LogP contribution in [0.1, 0.15) is 31.9 Å². The van der Waals surface area contributed by atoms with E-state index in [0.29, 0.717) is 24.2 Å². The first-order valence-electron chi connectivity index (χ1n) is 9.17. The highest BCUT2D eigenvalue weighted by Gasteiger charge is 2.40. The number of para-hydroxylation sites is 1. The average molecular weight is 447 g/mol. The van der Waals surface area contributed by atoms with E-state index in [1.165, 1.54) is 12.1 Å². The summed E-state index contributed by atoms with van der Waals surface area (Å²) < 4.78 is 5.87. The molecule has 1 atom stereocenters. The topological polar surface area (TPSA) is 114 Å². The fourth-order valence-corrected chi connectivity index (χ4v) is 4.39. The number of amides is 1. The molecule has 0 bridgehead atoms. The summed E-state index contributed by atoms with van der Waals surface area (Å²) in [7, 11) is 0. The molecular weight excluding hydrogens is 428 g/mol. The quantitative estimate of drug-likeness (QED) is 0.269. The van der Waals surface area contributed by atoms with Gasteiger partial charge in [0.15, 0.2) is 0 Å². The van der Waals surface area contributed by atoms with Crippen LogP contribution in [0.4, 0.5) is 5.69 Å². The highest BCUT2D eigenvalue weighted by atomic mass is 32.2. The van der Waals surface area contributed by atoms with Crippen molar-refractivity contribution >= 4 is 51.9 Å². The Hall–Kier alpha value is -2.98. The van der Waals surface area contributed by atoms with Crippen molar-refractivity contribution in [3.05, 3.63) is 57.2 Å². The van der Waals surface area contributed by atoms with Crippen LogP contribution in [0.15, 0.2) is 45.7 Å². The molecule has 2 aromatic rings. The molecule has 8 nitrogen and oxygen atoms in total. The number of aliphatic carboxylic acids is 1. The van der Waals surface area contributed by atoms with Gasteiger partial charge < -0.3 is 9.52 Å². The number of furan rings is 1. The van der Waals surface area contributed by atoms with Crippen molar-refractivity contribution in [2.24, 2.45) is 0 Å². The Bertz CT molecular complexity index is 1050. The highest BCUT2D eigenvalue weighted by Crippen LogP contribution is 2.36. The van der Waals surface area contributed by atoms with Gasteiger partial charge in [0.25, 0.3) is 11.6 Å². The minimum atomic E-state index is -1.10. The number of carbonyl (C=O) groups excluding carboxylic acids is 1. The van der Waals surface area contributed by atoms with Crippen LogP contribution < -0.4 is 0 Å². The molecule has 0 aliphatic carbocycles. The zero-order chi connectivity index (χ0) is 21.8. The van der Waals surface area contributed by atoms with Crippen molar-refractivity contribution in [3.8, 4) is 11.3 Å². The standard InChI is InChI=1S/C20H18N2O6S2/c1-2-3-7-15(19(24)25)21-18(23)17(30-20(21)29)11-12-9-10-16(28-12)13-6-4-5-8-14(13)22(26)27/h4-6,8-11,15H,2-3,7H2,1H3,(H,24,25)/b17-11+/t15-/m1/s1. The second-order valence-electron chi connectivity index (χ2n) is 6.52. The summed E-state index contributed by atoms with van der Waals surface area (Å²) in [5.41, 5.74) is 0.227. The predicted octanol–water partition coefficient (Wildman–Crippen LogP) is 4.70. The number of carboxylic acid groups (broad SMARTS) is 1. The van der Waals surface area contributed by atoms with Crippen LogP contribution >= 0.6 is 24.0 Å². The fourth-order valence-electron chi connectivity index (χ4n) is 3.05. The molecule has 2 heterocycles. The molecule has 1 aliphatic heterocycles. The average Bonchev–Trinajstić information content (AvgIpc) is 3.28. The van der Waals surface area contributed by atoms with Gasteiger partial charge in [-0.3, -0.25) is 19.8 Å². The molecule has 0 radical (unpaired) electrons. The summed E-state index contributed by atoms with van der Waals surface area (Å²) in [6.45, 7) is 1.94. The van der Waals surface area contributed by atoms with Gasteiger partial charge in [-0.25, -0.2) is 4.79 Å². The Labute approximate surface area is 181 Å². The van der Waals surface area contributed by atoms with Gasteiger partial charge in [-0.2, -0.15) is 0 Å². The number of nitro groups is 1. The van der Waals surface area contributed by atoms with Gasteiger partial charge in [-0.15, -0.1) is 0 Å². The molecule has 0 unspecified atom stereocenters. The molecule has 1 aromatic carbocycles. The van der Waals surface area contributed by atoms with Crippen LogP contribution in [0.3, 0.4) is 0 Å². The van der Waals surface area contributed by atoms with Crippen LogP contribution in [0.25, 0.3) is 17.4 Å². The van der Waals surface area contributed by atoms with Crippen LogP contribution in [-0.2, 0) is 9.59 Å². The first kappa shape index (κ1) is 21.7. The summed E-state index contributed by atoms with van der Waals surface area (Å²) in [6, 6.07) is 8.34. The largest absolute Gasteiger partial charge is 0.480 e. The number of carbonyl (C=O) groups is 2. The van der Waals surface area contributed by atoms with E-state index in [1.807, 2.05) is 6.92 Å². The molecule has 1 aliphatic rings. The van der Waals surface area contributed by atoms with Crippen LogP contribution in [-0.4, -0.2) is 37.2 Å². The van der Waals surface area contributed by atoms with Crippen molar-refractivity contribution in [1.82, 2.24) is 4.90 Å². The highest BCUT2D eigenvalue weighted by molar-refractivity contribution is 8.26. The molecule has 1 aromatic heterocycles. The molecular formula is C20H18N2O6S2. The lowest BCUT2D eigenvalue weighted by Crippen LogP contribution is -2.43. The Kier molecular flexibility index (Phi) is 6.68. The summed E-state index contributed by atoms with van der Waals surface area (Å²) in [5, 5.41) is 20.7. The zero-order valence-corrected chi connectivity index (χ0v) is 17.6. The van der Waals surface area contributed by atoms with E-state index in [4.69, 9.17) is 16.6 Å². The Morgan fingerprint density at radius 3 is 2.77 bits per heavy atom. The van der Waals surface area contributed by atoms with Crippen LogP contribution in [0, 0.1) is 10.1 Å². The third kappa shape index (κ3) is 4.44. The number of hydrogen-bond acceptors (Lipinski definition) is 7. The van der Waals surface area contributed by atoms with Gasteiger partial charge in [0.05, 0.1) is 15.4 Å². The number of thiocarbonyl (C=S) groups is 1. The molecule has 30 heavy (non-hydrogen) atoms. The molecule has 1 fully saturated rings. The first-order chi connectivity index (χ1) is 14.3. The second-order valence-corrected chi connectivity index (χ2v) is 8.20. The summed E-state index contributed by atoms with van der Waals surface area (Å²) >= 11 is 6.25. The normalized spacial score (nSPS) is 16.3. The van der Waals surface area contributed by atoms with Gasteiger partial charge >= 0.3 is 5.97 Å². The molecule has 0 saturated carbocycles. The number of nitrogens with zero attached hydrogens (tertiary/aromatic N) is 2. The van der Waals surface area contributed by atoms with E-state index in [1.54, 1.807) is 30.3 Å². The van der Waals surface area contributed by atoms with Crippen molar-refractivity contribution in [1.29, 1.82) is 0 Å². The Morgan fingerprint density at radius 2 is 2.10 bits per heavy atom. The van der Waals surface area contributed by atoms with Crippen LogP contribution in [0.5, 0.6) is 0 Å². The molecule has 1 amide bonds. The maximum atomic E-state index is 12.8. The summed E-state index contributed by atoms with van der Waals surface area (Å²) in [5.74, 6) is -0.991. The van der Waals surface area contributed by atoms with Crippen molar-refractivity contribution in [2.45, 2.75) is 32.2 Å². The zero-order valence-electron chi connectivity index (χ0n) is 15.9. The van der Waals surface area contributed by atoms with Gasteiger partial charge in [0, 0.05) is 12.1 Å². The molecule has 156 valence electrons. The van der Waals surface area contributed by atoms with Gasteiger partial charge in [0.1, 0.15) is 21.9 Å². The van der Waals surface area contributed by atoms with Crippen molar-refractivity contribution in [3.63, 3.8) is 0 Å². The molecule has 0 spiro atoms. The number of carboxylic acids is 1. The molecule has 1 N–H and O–H groups in total. The fraction of sp³-hybridized carbons (Fsp3) is 0.250. The SMILES string of the molecule is CCCC[C@H](C(=O)O)N1C(=O)/C(=C\c2ccc(-c3ccccc3[N+](=O)[O-])o2)SC1=S. The van der Waals surface area contributed by atoms with E-state index < -0.39 is 22.8 Å². The monoisotopic (exact) mass is 446 g/mol. The minimum absolute atomic E-state index is 0.0926. The number of hydrogen-bond donors (Lipinski definition) is 1. The third-order valence-corrected chi connectivity index (χ3v) is 5.85. The lowest BCUT2D eigenvalue weighted by Gasteiger charge is -2.22. The molecule has 10 heteroatoms. The number of unbranched alkanes of at least 4 members (excludes halogenated alkanes) is 1. The summed E-state index contributed by atoms with van der Waals surface area (Å²) in [6.07, 6.45) is 3.24. The maximum absolute atomic E-state index is 12.8. The van der Waals surface area contributed by atoms with E-state index in [9.17, 15) is 24.8 Å². The number of thioether (sulfide) groups is 1. The minimum Gasteiger partial charge on any atom is -0.480 e. The predicted molar refractivity (Wildman–Crippen MR) is 117 cm³/mol. The van der Waals surface area contributed by atoms with Gasteiger partial charge in [0.2, 0.25) is 0 Å². The lowest BCUT2D eigenvalue weighted by molar-refractivity contribution is -0.384. The van der Waals surface area contributed by atoms with E-state index in [0.717, 1.165) is 23.1 Å². The molecule has 1 saturated heterocycles. The van der Waals surface area contributed by atoms with Crippen molar-refractivity contribution in [2.75, 3.05) is 0 Å². The number of benzene rings is 1.